The maximum atomic E-state index is 13.0. The molecule has 1 aromatic rings. The molecule has 0 bridgehead atoms. The Morgan fingerprint density at radius 2 is 2.00 bits per heavy atom. The average Bonchev–Trinajstić information content (AvgIpc) is 2.16. The first-order valence-electron chi connectivity index (χ1n) is 5.66. The van der Waals surface area contributed by atoms with E-state index in [1.807, 2.05) is 0 Å². The summed E-state index contributed by atoms with van der Waals surface area (Å²) in [5.74, 6) is 0.155. The van der Waals surface area contributed by atoms with E-state index in [0.29, 0.717) is 5.92 Å². The fraction of sp³-hybridized carbons (Fsp3) is 0.615. The van der Waals surface area contributed by atoms with Crippen LogP contribution < -0.4 is 5.73 Å². The van der Waals surface area contributed by atoms with Crippen LogP contribution in [0.2, 0.25) is 0 Å². The predicted octanol–water partition coefficient (Wildman–Crippen LogP) is 3.29. The molecule has 2 atom stereocenters. The van der Waals surface area contributed by atoms with Crippen molar-refractivity contribution in [2.45, 2.75) is 40.2 Å². The molecule has 1 aromatic heterocycles. The second-order valence-electron chi connectivity index (χ2n) is 5.55. The molecular formula is C13H21FN2. The molecule has 1 heterocycles. The molecule has 2 N–H and O–H groups in total. The number of nitrogens with two attached hydrogens (primary N) is 1. The van der Waals surface area contributed by atoms with Crippen LogP contribution in [-0.2, 0) is 0 Å². The third kappa shape index (κ3) is 3.56. The van der Waals surface area contributed by atoms with E-state index in [1.165, 1.54) is 12.3 Å². The zero-order valence-electron chi connectivity index (χ0n) is 10.5. The van der Waals surface area contributed by atoms with Gasteiger partial charge in [-0.3, -0.25) is 4.98 Å². The Kier molecular flexibility index (Phi) is 4.03. The molecule has 0 amide bonds. The van der Waals surface area contributed by atoms with Gasteiger partial charge in [0.15, 0.2) is 0 Å². The summed E-state index contributed by atoms with van der Waals surface area (Å²) >= 11 is 0. The number of nitrogens with zero attached hydrogens (tertiary/aromatic N) is 1. The highest BCUT2D eigenvalue weighted by atomic mass is 19.1. The van der Waals surface area contributed by atoms with E-state index >= 15 is 0 Å². The molecule has 16 heavy (non-hydrogen) atoms. The molecule has 0 radical (unpaired) electrons. The molecule has 0 saturated heterocycles. The topological polar surface area (TPSA) is 38.9 Å². The third-order valence-corrected chi connectivity index (χ3v) is 3.24. The molecule has 90 valence electrons. The molecule has 1 rings (SSSR count). The van der Waals surface area contributed by atoms with Crippen LogP contribution >= 0.6 is 0 Å². The van der Waals surface area contributed by atoms with Gasteiger partial charge in [0, 0.05) is 12.2 Å². The predicted molar refractivity (Wildman–Crippen MR) is 64.4 cm³/mol. The summed E-state index contributed by atoms with van der Waals surface area (Å²) in [6.07, 6.45) is 3.68. The summed E-state index contributed by atoms with van der Waals surface area (Å²) < 4.78 is 13.0. The van der Waals surface area contributed by atoms with Crippen molar-refractivity contribution < 1.29 is 4.39 Å². The zero-order valence-corrected chi connectivity index (χ0v) is 10.5. The standard InChI is InChI=1S/C13H21FN2/c1-9(13(2,3)4)5-12(15)10-6-11(14)8-16-7-10/h6-9,12H,5,15H2,1-4H3. The average molecular weight is 224 g/mol. The Bertz CT molecular complexity index is 344. The van der Waals surface area contributed by atoms with Crippen molar-refractivity contribution in [2.75, 3.05) is 0 Å². The van der Waals surface area contributed by atoms with Gasteiger partial charge in [0.2, 0.25) is 0 Å². The smallest absolute Gasteiger partial charge is 0.141 e. The van der Waals surface area contributed by atoms with Gasteiger partial charge in [-0.05, 0) is 29.4 Å². The monoisotopic (exact) mass is 224 g/mol. The molecule has 0 saturated carbocycles. The van der Waals surface area contributed by atoms with Crippen LogP contribution in [0.15, 0.2) is 18.5 Å². The van der Waals surface area contributed by atoms with Gasteiger partial charge < -0.3 is 5.73 Å². The summed E-state index contributed by atoms with van der Waals surface area (Å²) in [6, 6.07) is 1.32. The summed E-state index contributed by atoms with van der Waals surface area (Å²) in [6.45, 7) is 8.74. The van der Waals surface area contributed by atoms with Crippen molar-refractivity contribution >= 4 is 0 Å². The second-order valence-corrected chi connectivity index (χ2v) is 5.55. The lowest BCUT2D eigenvalue weighted by Gasteiger charge is -2.29. The lowest BCUT2D eigenvalue weighted by molar-refractivity contribution is 0.233. The molecule has 0 aliphatic rings. The van der Waals surface area contributed by atoms with Gasteiger partial charge in [-0.1, -0.05) is 27.7 Å². The van der Waals surface area contributed by atoms with Crippen LogP contribution in [0.5, 0.6) is 0 Å². The molecule has 2 nitrogen and oxygen atoms in total. The maximum absolute atomic E-state index is 13.0. The number of pyridine rings is 1. The Hall–Kier alpha value is -0.960. The highest BCUT2D eigenvalue weighted by Crippen LogP contribution is 2.32. The number of hydrogen-bond acceptors (Lipinski definition) is 2. The molecule has 0 fully saturated rings. The normalized spacial score (nSPS) is 15.9. The summed E-state index contributed by atoms with van der Waals surface area (Å²) in [7, 11) is 0. The minimum Gasteiger partial charge on any atom is -0.324 e. The van der Waals surface area contributed by atoms with Crippen LogP contribution in [0.4, 0.5) is 4.39 Å². The van der Waals surface area contributed by atoms with Crippen molar-refractivity contribution in [3.8, 4) is 0 Å². The fourth-order valence-corrected chi connectivity index (χ4v) is 1.50. The molecule has 0 aliphatic heterocycles. The van der Waals surface area contributed by atoms with E-state index in [4.69, 9.17) is 5.73 Å². The fourth-order valence-electron chi connectivity index (χ4n) is 1.50. The Labute approximate surface area is 97.1 Å². The molecule has 3 heteroatoms. The van der Waals surface area contributed by atoms with Gasteiger partial charge in [-0.2, -0.15) is 0 Å². The summed E-state index contributed by atoms with van der Waals surface area (Å²) in [4.78, 5) is 3.82. The second kappa shape index (κ2) is 4.91. The number of hydrogen-bond donors (Lipinski definition) is 1. The van der Waals surface area contributed by atoms with Crippen LogP contribution in [0, 0.1) is 17.2 Å². The zero-order chi connectivity index (χ0) is 12.3. The molecule has 2 unspecified atom stereocenters. The number of aromatic nitrogens is 1. The first-order chi connectivity index (χ1) is 7.30. The Morgan fingerprint density at radius 3 is 2.50 bits per heavy atom. The lowest BCUT2D eigenvalue weighted by atomic mass is 9.78. The Morgan fingerprint density at radius 1 is 1.38 bits per heavy atom. The van der Waals surface area contributed by atoms with Crippen LogP contribution in [0.25, 0.3) is 0 Å². The van der Waals surface area contributed by atoms with Crippen LogP contribution in [0.3, 0.4) is 0 Å². The minimum absolute atomic E-state index is 0.141. The number of rotatable bonds is 3. The molecular weight excluding hydrogens is 203 g/mol. The minimum atomic E-state index is -0.323. The van der Waals surface area contributed by atoms with Gasteiger partial charge >= 0.3 is 0 Å². The van der Waals surface area contributed by atoms with Crippen molar-refractivity contribution in [2.24, 2.45) is 17.1 Å². The van der Waals surface area contributed by atoms with Crippen molar-refractivity contribution in [1.82, 2.24) is 4.98 Å². The van der Waals surface area contributed by atoms with E-state index < -0.39 is 0 Å². The van der Waals surface area contributed by atoms with Crippen LogP contribution in [-0.4, -0.2) is 4.98 Å². The Balaban J connectivity index is 2.69. The largest absolute Gasteiger partial charge is 0.324 e. The van der Waals surface area contributed by atoms with Crippen molar-refractivity contribution in [3.05, 3.63) is 29.8 Å². The van der Waals surface area contributed by atoms with E-state index in [9.17, 15) is 4.39 Å². The first-order valence-corrected chi connectivity index (χ1v) is 5.66. The third-order valence-electron chi connectivity index (χ3n) is 3.24. The van der Waals surface area contributed by atoms with E-state index in [2.05, 4.69) is 32.7 Å². The van der Waals surface area contributed by atoms with Crippen molar-refractivity contribution in [1.29, 1.82) is 0 Å². The molecule has 0 spiro atoms. The van der Waals surface area contributed by atoms with Crippen LogP contribution in [0.1, 0.15) is 45.7 Å². The lowest BCUT2D eigenvalue weighted by Crippen LogP contribution is -2.23. The summed E-state index contributed by atoms with van der Waals surface area (Å²) in [5, 5.41) is 0. The highest BCUT2D eigenvalue weighted by molar-refractivity contribution is 5.14. The van der Waals surface area contributed by atoms with Gasteiger partial charge in [0.25, 0.3) is 0 Å². The maximum Gasteiger partial charge on any atom is 0.141 e. The highest BCUT2D eigenvalue weighted by Gasteiger charge is 2.22. The van der Waals surface area contributed by atoms with E-state index in [1.54, 1.807) is 6.20 Å². The van der Waals surface area contributed by atoms with Crippen molar-refractivity contribution in [3.63, 3.8) is 0 Å². The van der Waals surface area contributed by atoms with Gasteiger partial charge in [0.05, 0.1) is 6.20 Å². The number of halogens is 1. The van der Waals surface area contributed by atoms with E-state index in [-0.39, 0.29) is 17.3 Å². The van der Waals surface area contributed by atoms with Gasteiger partial charge in [-0.15, -0.1) is 0 Å². The SMILES string of the molecule is CC(CC(N)c1cncc(F)c1)C(C)(C)C. The van der Waals surface area contributed by atoms with Gasteiger partial charge in [0.1, 0.15) is 5.82 Å². The first kappa shape index (κ1) is 13.1. The molecule has 0 aromatic carbocycles. The molecule has 0 aliphatic carbocycles. The van der Waals surface area contributed by atoms with E-state index in [0.717, 1.165) is 12.0 Å². The van der Waals surface area contributed by atoms with Gasteiger partial charge in [-0.25, -0.2) is 4.39 Å². The quantitative estimate of drug-likeness (QED) is 0.855. The summed E-state index contributed by atoms with van der Waals surface area (Å²) in [5.41, 5.74) is 7.05.